The molecule has 3 heteroatoms. The van der Waals surface area contributed by atoms with Gasteiger partial charge in [0.1, 0.15) is 12.4 Å². The van der Waals surface area contributed by atoms with E-state index in [2.05, 4.69) is 12.1 Å². The van der Waals surface area contributed by atoms with E-state index in [-0.39, 0.29) is 0 Å². The molecule has 0 fully saturated rings. The minimum Gasteiger partial charge on any atom is -0.489 e. The highest BCUT2D eigenvalue weighted by Crippen LogP contribution is 2.23. The summed E-state index contributed by atoms with van der Waals surface area (Å²) < 4.78 is 5.77. The van der Waals surface area contributed by atoms with E-state index in [1.165, 1.54) is 0 Å². The van der Waals surface area contributed by atoms with Crippen LogP contribution in [0, 0.1) is 22.7 Å². The molecule has 24 heavy (non-hydrogen) atoms. The van der Waals surface area contributed by atoms with Crippen molar-refractivity contribution in [3.63, 3.8) is 0 Å². The number of benzene rings is 3. The Morgan fingerprint density at radius 3 is 1.58 bits per heavy atom. The molecule has 3 aromatic carbocycles. The van der Waals surface area contributed by atoms with E-state index in [9.17, 15) is 0 Å². The summed E-state index contributed by atoms with van der Waals surface area (Å²) in [6, 6.07) is 26.9. The van der Waals surface area contributed by atoms with Gasteiger partial charge in [-0.2, -0.15) is 10.5 Å². The van der Waals surface area contributed by atoms with Gasteiger partial charge in [0.05, 0.1) is 23.3 Å². The molecule has 0 aromatic heterocycles. The Labute approximate surface area is 141 Å². The number of nitrogens with zero attached hydrogens (tertiary/aromatic N) is 2. The second-order valence-corrected chi connectivity index (χ2v) is 5.31. The third-order valence-corrected chi connectivity index (χ3v) is 3.69. The van der Waals surface area contributed by atoms with Crippen LogP contribution in [0.4, 0.5) is 0 Å². The van der Waals surface area contributed by atoms with Crippen LogP contribution in [0.3, 0.4) is 0 Å². The highest BCUT2D eigenvalue weighted by atomic mass is 16.5. The predicted molar refractivity (Wildman–Crippen MR) is 92.1 cm³/mol. The summed E-state index contributed by atoms with van der Waals surface area (Å²) in [5.41, 5.74) is 4.45. The van der Waals surface area contributed by atoms with Crippen LogP contribution in [0.2, 0.25) is 0 Å². The maximum Gasteiger partial charge on any atom is 0.119 e. The first-order valence-electron chi connectivity index (χ1n) is 7.51. The highest BCUT2D eigenvalue weighted by Gasteiger charge is 2.00. The van der Waals surface area contributed by atoms with Crippen molar-refractivity contribution < 1.29 is 4.74 Å². The number of hydrogen-bond donors (Lipinski definition) is 0. The van der Waals surface area contributed by atoms with E-state index < -0.39 is 0 Å². The van der Waals surface area contributed by atoms with E-state index in [0.29, 0.717) is 17.7 Å². The average molecular weight is 310 g/mol. The van der Waals surface area contributed by atoms with Gasteiger partial charge in [-0.3, -0.25) is 0 Å². The number of nitriles is 2. The van der Waals surface area contributed by atoms with Gasteiger partial charge in [0, 0.05) is 0 Å². The fraction of sp³-hybridized carbons (Fsp3) is 0.0476. The Bertz CT molecular complexity index is 897. The largest absolute Gasteiger partial charge is 0.489 e. The van der Waals surface area contributed by atoms with Crippen molar-refractivity contribution in [2.24, 2.45) is 0 Å². The molecule has 0 amide bonds. The van der Waals surface area contributed by atoms with Gasteiger partial charge in [-0.15, -0.1) is 0 Å². The molecule has 0 heterocycles. The molecular formula is C21H14N2O. The van der Waals surface area contributed by atoms with Crippen molar-refractivity contribution in [1.82, 2.24) is 0 Å². The van der Waals surface area contributed by atoms with Crippen molar-refractivity contribution >= 4 is 0 Å². The SMILES string of the molecule is N#Cc1ccc(COc2ccc(-c3ccc(C#N)cc3)cc2)cc1. The van der Waals surface area contributed by atoms with Crippen molar-refractivity contribution in [3.8, 4) is 29.0 Å². The lowest BCUT2D eigenvalue weighted by Crippen LogP contribution is -1.95. The second kappa shape index (κ2) is 7.13. The summed E-state index contributed by atoms with van der Waals surface area (Å²) in [5.74, 6) is 0.789. The van der Waals surface area contributed by atoms with Crippen LogP contribution in [0.5, 0.6) is 5.75 Å². The Hall–Kier alpha value is -3.56. The van der Waals surface area contributed by atoms with Gasteiger partial charge in [0.25, 0.3) is 0 Å². The lowest BCUT2D eigenvalue weighted by Gasteiger charge is -2.08. The van der Waals surface area contributed by atoms with Crippen LogP contribution < -0.4 is 4.74 Å². The lowest BCUT2D eigenvalue weighted by molar-refractivity contribution is 0.306. The molecule has 3 nitrogen and oxygen atoms in total. The molecule has 0 saturated heterocycles. The Morgan fingerprint density at radius 1 is 0.625 bits per heavy atom. The summed E-state index contributed by atoms with van der Waals surface area (Å²) >= 11 is 0. The number of ether oxygens (including phenoxy) is 1. The zero-order chi connectivity index (χ0) is 16.8. The van der Waals surface area contributed by atoms with E-state index in [4.69, 9.17) is 15.3 Å². The van der Waals surface area contributed by atoms with E-state index in [0.717, 1.165) is 22.4 Å². The van der Waals surface area contributed by atoms with E-state index in [1.54, 1.807) is 12.1 Å². The van der Waals surface area contributed by atoms with Gasteiger partial charge >= 0.3 is 0 Å². The standard InChI is InChI=1S/C21H14N2O/c22-13-16-1-3-18(4-2-16)15-24-21-11-9-20(10-12-21)19-7-5-17(14-23)6-8-19/h1-12H,15H2. The first kappa shape index (κ1) is 15.3. The smallest absolute Gasteiger partial charge is 0.119 e. The summed E-state index contributed by atoms with van der Waals surface area (Å²) in [4.78, 5) is 0. The van der Waals surface area contributed by atoms with Crippen molar-refractivity contribution in [2.45, 2.75) is 6.61 Å². The molecule has 0 aliphatic carbocycles. The highest BCUT2D eigenvalue weighted by molar-refractivity contribution is 5.64. The maximum absolute atomic E-state index is 8.84. The van der Waals surface area contributed by atoms with Gasteiger partial charge in [0.2, 0.25) is 0 Å². The topological polar surface area (TPSA) is 56.8 Å². The van der Waals surface area contributed by atoms with Crippen molar-refractivity contribution in [1.29, 1.82) is 10.5 Å². The Balaban J connectivity index is 1.65. The normalized spacial score (nSPS) is 9.75. The summed E-state index contributed by atoms with van der Waals surface area (Å²) in [7, 11) is 0. The zero-order valence-electron chi connectivity index (χ0n) is 12.9. The molecule has 114 valence electrons. The minimum atomic E-state index is 0.460. The van der Waals surface area contributed by atoms with Crippen LogP contribution in [0.1, 0.15) is 16.7 Å². The summed E-state index contributed by atoms with van der Waals surface area (Å²) in [5, 5.41) is 17.6. The zero-order valence-corrected chi connectivity index (χ0v) is 12.9. The lowest BCUT2D eigenvalue weighted by atomic mass is 10.0. The summed E-state index contributed by atoms with van der Waals surface area (Å²) in [6.45, 7) is 0.460. The average Bonchev–Trinajstić information content (AvgIpc) is 2.67. The maximum atomic E-state index is 8.84. The Morgan fingerprint density at radius 2 is 1.08 bits per heavy atom. The van der Waals surface area contributed by atoms with Crippen LogP contribution in [0.25, 0.3) is 11.1 Å². The summed E-state index contributed by atoms with van der Waals surface area (Å²) in [6.07, 6.45) is 0. The van der Waals surface area contributed by atoms with Gasteiger partial charge in [-0.05, 0) is 53.1 Å². The van der Waals surface area contributed by atoms with Crippen LogP contribution in [-0.4, -0.2) is 0 Å². The molecule has 0 aliphatic rings. The fourth-order valence-corrected chi connectivity index (χ4v) is 2.32. The molecule has 0 atom stereocenters. The molecule has 0 N–H and O–H groups in total. The van der Waals surface area contributed by atoms with E-state index in [1.807, 2.05) is 60.7 Å². The molecule has 0 aliphatic heterocycles. The fourth-order valence-electron chi connectivity index (χ4n) is 2.32. The van der Waals surface area contributed by atoms with Gasteiger partial charge < -0.3 is 4.74 Å². The monoisotopic (exact) mass is 310 g/mol. The molecule has 0 bridgehead atoms. The van der Waals surface area contributed by atoms with Crippen molar-refractivity contribution in [3.05, 3.63) is 89.5 Å². The number of hydrogen-bond acceptors (Lipinski definition) is 3. The Kier molecular flexibility index (Phi) is 4.56. The van der Waals surface area contributed by atoms with Crippen LogP contribution in [0.15, 0.2) is 72.8 Å². The molecule has 0 saturated carbocycles. The van der Waals surface area contributed by atoms with Crippen molar-refractivity contribution in [2.75, 3.05) is 0 Å². The van der Waals surface area contributed by atoms with E-state index >= 15 is 0 Å². The molecule has 0 unspecified atom stereocenters. The van der Waals surface area contributed by atoms with Gasteiger partial charge in [-0.25, -0.2) is 0 Å². The minimum absolute atomic E-state index is 0.460. The quantitative estimate of drug-likeness (QED) is 0.703. The number of rotatable bonds is 4. The third kappa shape index (κ3) is 3.61. The molecule has 0 spiro atoms. The first-order valence-corrected chi connectivity index (χ1v) is 7.51. The van der Waals surface area contributed by atoms with Gasteiger partial charge in [0.15, 0.2) is 0 Å². The second-order valence-electron chi connectivity index (χ2n) is 5.31. The molecule has 3 rings (SSSR count). The first-order chi connectivity index (χ1) is 11.8. The molecular weight excluding hydrogens is 296 g/mol. The molecule has 3 aromatic rings. The van der Waals surface area contributed by atoms with Crippen LogP contribution >= 0.6 is 0 Å². The molecule has 0 radical (unpaired) electrons. The van der Waals surface area contributed by atoms with Gasteiger partial charge in [-0.1, -0.05) is 36.4 Å². The predicted octanol–water partition coefficient (Wildman–Crippen LogP) is 4.68. The third-order valence-electron chi connectivity index (χ3n) is 3.69. The van der Waals surface area contributed by atoms with Crippen LogP contribution in [-0.2, 0) is 6.61 Å².